The highest BCUT2D eigenvalue weighted by molar-refractivity contribution is 5.93. The van der Waals surface area contributed by atoms with E-state index in [0.717, 1.165) is 11.6 Å². The summed E-state index contributed by atoms with van der Waals surface area (Å²) in [6.45, 7) is 1.56. The van der Waals surface area contributed by atoms with E-state index in [1.165, 1.54) is 19.2 Å². The minimum atomic E-state index is -0.855. The van der Waals surface area contributed by atoms with Gasteiger partial charge in [-0.1, -0.05) is 18.2 Å². The summed E-state index contributed by atoms with van der Waals surface area (Å²) in [6.07, 6.45) is -0.855. The zero-order valence-electron chi connectivity index (χ0n) is 14.5. The monoisotopic (exact) mass is 369 g/mol. The van der Waals surface area contributed by atoms with E-state index in [1.807, 2.05) is 30.3 Å². The maximum Gasteiger partial charge on any atom is 0.342 e. The molecule has 1 aromatic heterocycles. The van der Waals surface area contributed by atoms with Gasteiger partial charge in [-0.2, -0.15) is 0 Å². The number of nitrogens with zero attached hydrogens (tertiary/aromatic N) is 3. The second-order valence-corrected chi connectivity index (χ2v) is 5.50. The molecule has 2 aromatic carbocycles. The molecule has 3 rings (SSSR count). The molecule has 1 heterocycles. The van der Waals surface area contributed by atoms with E-state index in [-0.39, 0.29) is 22.9 Å². The summed E-state index contributed by atoms with van der Waals surface area (Å²) < 4.78 is 15.9. The van der Waals surface area contributed by atoms with Crippen LogP contribution in [0, 0.1) is 10.1 Å². The Morgan fingerprint density at radius 3 is 2.59 bits per heavy atom. The largest absolute Gasteiger partial charge is 0.496 e. The minimum absolute atomic E-state index is 0.0682. The van der Waals surface area contributed by atoms with E-state index in [9.17, 15) is 14.9 Å². The van der Waals surface area contributed by atoms with Gasteiger partial charge in [0, 0.05) is 17.7 Å². The van der Waals surface area contributed by atoms with Crippen LogP contribution < -0.4 is 4.74 Å². The predicted molar refractivity (Wildman–Crippen MR) is 93.2 cm³/mol. The third kappa shape index (κ3) is 3.92. The number of aromatic nitrogens is 2. The van der Waals surface area contributed by atoms with E-state index < -0.39 is 17.0 Å². The SMILES string of the molecule is COc1ccc([N+](=O)[O-])cc1C(=O)O[C@@H](C)c1nnc(-c2ccccc2)o1. The number of carbonyl (C=O) groups excluding carboxylic acids is 1. The van der Waals surface area contributed by atoms with Gasteiger partial charge in [-0.25, -0.2) is 4.79 Å². The summed E-state index contributed by atoms with van der Waals surface area (Å²) in [5, 5.41) is 18.8. The van der Waals surface area contributed by atoms with Crippen LogP contribution in [-0.4, -0.2) is 28.2 Å². The third-order valence-electron chi connectivity index (χ3n) is 3.71. The molecule has 9 heteroatoms. The number of esters is 1. The lowest BCUT2D eigenvalue weighted by atomic mass is 10.2. The van der Waals surface area contributed by atoms with Crippen molar-refractivity contribution < 1.29 is 23.6 Å². The van der Waals surface area contributed by atoms with E-state index >= 15 is 0 Å². The molecule has 0 aliphatic rings. The summed E-state index contributed by atoms with van der Waals surface area (Å²) in [6, 6.07) is 12.8. The van der Waals surface area contributed by atoms with E-state index in [4.69, 9.17) is 13.9 Å². The molecule has 0 radical (unpaired) electrons. The van der Waals surface area contributed by atoms with Gasteiger partial charge < -0.3 is 13.9 Å². The van der Waals surface area contributed by atoms with Gasteiger partial charge in [0.05, 0.1) is 12.0 Å². The summed E-state index contributed by atoms with van der Waals surface area (Å²) in [7, 11) is 1.35. The Hall–Kier alpha value is -3.75. The predicted octanol–water partition coefficient (Wildman–Crippen LogP) is 3.57. The Bertz CT molecular complexity index is 970. The molecular formula is C18H15N3O6. The molecule has 0 saturated carbocycles. The highest BCUT2D eigenvalue weighted by atomic mass is 16.6. The van der Waals surface area contributed by atoms with Crippen LogP contribution in [0.5, 0.6) is 5.75 Å². The lowest BCUT2D eigenvalue weighted by molar-refractivity contribution is -0.384. The maximum atomic E-state index is 12.4. The zero-order chi connectivity index (χ0) is 19.4. The molecule has 138 valence electrons. The van der Waals surface area contributed by atoms with E-state index in [1.54, 1.807) is 6.92 Å². The van der Waals surface area contributed by atoms with Crippen molar-refractivity contribution in [3.05, 3.63) is 70.1 Å². The Morgan fingerprint density at radius 1 is 1.19 bits per heavy atom. The van der Waals surface area contributed by atoms with Crippen LogP contribution in [0.2, 0.25) is 0 Å². The fraction of sp³-hybridized carbons (Fsp3) is 0.167. The first kappa shape index (κ1) is 18.1. The van der Waals surface area contributed by atoms with Crippen molar-refractivity contribution >= 4 is 11.7 Å². The number of non-ortho nitro benzene ring substituents is 1. The molecule has 0 amide bonds. The second kappa shape index (κ2) is 7.65. The first-order valence-electron chi connectivity index (χ1n) is 7.92. The molecule has 0 N–H and O–H groups in total. The molecule has 0 bridgehead atoms. The second-order valence-electron chi connectivity index (χ2n) is 5.50. The Kier molecular flexibility index (Phi) is 5.11. The molecule has 3 aromatic rings. The number of nitro benzene ring substituents is 1. The van der Waals surface area contributed by atoms with Crippen molar-refractivity contribution in [2.45, 2.75) is 13.0 Å². The number of rotatable bonds is 6. The molecule has 9 nitrogen and oxygen atoms in total. The van der Waals surface area contributed by atoms with Crippen LogP contribution in [0.1, 0.15) is 29.3 Å². The van der Waals surface area contributed by atoms with Crippen LogP contribution >= 0.6 is 0 Å². The average molecular weight is 369 g/mol. The molecular weight excluding hydrogens is 354 g/mol. The van der Waals surface area contributed by atoms with Gasteiger partial charge in [0.2, 0.25) is 5.89 Å². The fourth-order valence-electron chi connectivity index (χ4n) is 2.34. The number of hydrogen-bond donors (Lipinski definition) is 0. The van der Waals surface area contributed by atoms with E-state index in [0.29, 0.717) is 5.89 Å². The summed E-state index contributed by atoms with van der Waals surface area (Å²) in [5.74, 6) is -0.246. The molecule has 0 spiro atoms. The lowest BCUT2D eigenvalue weighted by Crippen LogP contribution is -2.11. The third-order valence-corrected chi connectivity index (χ3v) is 3.71. The van der Waals surface area contributed by atoms with Gasteiger partial charge in [0.25, 0.3) is 11.6 Å². The zero-order valence-corrected chi connectivity index (χ0v) is 14.5. The number of ether oxygens (including phenoxy) is 2. The highest BCUT2D eigenvalue weighted by Gasteiger charge is 2.24. The van der Waals surface area contributed by atoms with Crippen LogP contribution in [0.4, 0.5) is 5.69 Å². The Balaban J connectivity index is 1.79. The summed E-state index contributed by atoms with van der Waals surface area (Å²) >= 11 is 0. The Labute approximate surface area is 153 Å². The van der Waals surface area contributed by atoms with E-state index in [2.05, 4.69) is 10.2 Å². The number of nitro groups is 1. The first-order valence-corrected chi connectivity index (χ1v) is 7.92. The molecule has 1 atom stereocenters. The van der Waals surface area contributed by atoms with Crippen LogP contribution in [0.25, 0.3) is 11.5 Å². The van der Waals surface area contributed by atoms with Crippen molar-refractivity contribution in [2.75, 3.05) is 7.11 Å². The summed E-state index contributed by atoms with van der Waals surface area (Å²) in [5.41, 5.74) is 0.413. The maximum absolute atomic E-state index is 12.4. The number of hydrogen-bond acceptors (Lipinski definition) is 8. The van der Waals surface area contributed by atoms with Gasteiger partial charge in [0.1, 0.15) is 11.3 Å². The molecule has 0 aliphatic heterocycles. The topological polar surface area (TPSA) is 118 Å². The van der Waals surface area contributed by atoms with Crippen molar-refractivity contribution in [3.63, 3.8) is 0 Å². The minimum Gasteiger partial charge on any atom is -0.496 e. The average Bonchev–Trinajstić information content (AvgIpc) is 3.18. The van der Waals surface area contributed by atoms with Crippen molar-refractivity contribution in [2.24, 2.45) is 0 Å². The number of carbonyl (C=O) groups is 1. The van der Waals surface area contributed by atoms with Crippen LogP contribution in [0.15, 0.2) is 52.9 Å². The molecule has 0 fully saturated rings. The molecule has 0 unspecified atom stereocenters. The smallest absolute Gasteiger partial charge is 0.342 e. The summed E-state index contributed by atoms with van der Waals surface area (Å²) in [4.78, 5) is 22.8. The van der Waals surface area contributed by atoms with Crippen molar-refractivity contribution in [1.82, 2.24) is 10.2 Å². The molecule has 27 heavy (non-hydrogen) atoms. The van der Waals surface area contributed by atoms with Gasteiger partial charge in [0.15, 0.2) is 6.10 Å². The van der Waals surface area contributed by atoms with Crippen molar-refractivity contribution in [3.8, 4) is 17.2 Å². The quantitative estimate of drug-likeness (QED) is 0.368. The lowest BCUT2D eigenvalue weighted by Gasteiger charge is -2.11. The normalized spacial score (nSPS) is 11.6. The first-order chi connectivity index (χ1) is 13.0. The molecule has 0 saturated heterocycles. The van der Waals surface area contributed by atoms with Crippen LogP contribution in [-0.2, 0) is 4.74 Å². The standard InChI is InChI=1S/C18H15N3O6/c1-11(16-19-20-17(27-16)12-6-4-3-5-7-12)26-18(22)14-10-13(21(23)24)8-9-15(14)25-2/h3-11H,1-2H3/t11-/m0/s1. The van der Waals surface area contributed by atoms with Gasteiger partial charge in [-0.3, -0.25) is 10.1 Å². The number of methoxy groups -OCH3 is 1. The van der Waals surface area contributed by atoms with Gasteiger partial charge >= 0.3 is 5.97 Å². The van der Waals surface area contributed by atoms with Gasteiger partial charge in [-0.05, 0) is 25.1 Å². The Morgan fingerprint density at radius 2 is 1.93 bits per heavy atom. The van der Waals surface area contributed by atoms with Crippen molar-refractivity contribution in [1.29, 1.82) is 0 Å². The number of benzene rings is 2. The molecule has 0 aliphatic carbocycles. The highest BCUT2D eigenvalue weighted by Crippen LogP contribution is 2.27. The van der Waals surface area contributed by atoms with Gasteiger partial charge in [-0.15, -0.1) is 10.2 Å². The van der Waals surface area contributed by atoms with Crippen LogP contribution in [0.3, 0.4) is 0 Å². The fourth-order valence-corrected chi connectivity index (χ4v) is 2.34.